The van der Waals surface area contributed by atoms with Crippen molar-refractivity contribution in [3.05, 3.63) is 48.4 Å². The lowest BCUT2D eigenvalue weighted by molar-refractivity contribution is 0.324. The van der Waals surface area contributed by atoms with Gasteiger partial charge in [0.25, 0.3) is 10.2 Å². The molecule has 11 nitrogen and oxygen atoms in total. The van der Waals surface area contributed by atoms with E-state index in [2.05, 4.69) is 30.0 Å². The van der Waals surface area contributed by atoms with Crippen molar-refractivity contribution in [2.45, 2.75) is 12.8 Å². The molecule has 4 rings (SSSR count). The van der Waals surface area contributed by atoms with Gasteiger partial charge < -0.3 is 24.8 Å². The molecule has 0 bridgehead atoms. The molecule has 1 saturated carbocycles. The number of hydrogen-bond donors (Lipinski definition) is 4. The van der Waals surface area contributed by atoms with Gasteiger partial charge in [0.2, 0.25) is 11.7 Å². The average molecular weight is 519 g/mol. The summed E-state index contributed by atoms with van der Waals surface area (Å²) in [5.74, 6) is 0.976. The molecule has 0 aliphatic heterocycles. The number of nitrogens with one attached hydrogen (secondary N) is 4. The van der Waals surface area contributed by atoms with Gasteiger partial charge in [-0.2, -0.15) is 18.1 Å². The van der Waals surface area contributed by atoms with E-state index in [1.165, 1.54) is 27.4 Å². The van der Waals surface area contributed by atoms with Crippen molar-refractivity contribution in [1.82, 2.24) is 14.7 Å². The van der Waals surface area contributed by atoms with E-state index in [-0.39, 0.29) is 11.8 Å². The smallest absolute Gasteiger partial charge is 0.299 e. The number of methoxy groups -OCH3 is 3. The highest BCUT2D eigenvalue weighted by Crippen LogP contribution is 2.40. The van der Waals surface area contributed by atoms with Crippen molar-refractivity contribution in [1.29, 1.82) is 0 Å². The van der Waals surface area contributed by atoms with E-state index in [9.17, 15) is 12.8 Å². The number of ether oxygens (including phenoxy) is 3. The van der Waals surface area contributed by atoms with Crippen molar-refractivity contribution in [3.63, 3.8) is 0 Å². The van der Waals surface area contributed by atoms with Gasteiger partial charge in [0.1, 0.15) is 0 Å². The second-order valence-corrected chi connectivity index (χ2v) is 9.53. The Kier molecular flexibility index (Phi) is 7.60. The Labute approximate surface area is 208 Å². The molecule has 0 spiro atoms. The minimum Gasteiger partial charge on any atom is -0.493 e. The van der Waals surface area contributed by atoms with Crippen LogP contribution in [-0.4, -0.2) is 46.3 Å². The van der Waals surface area contributed by atoms with Crippen LogP contribution in [0, 0.1) is 11.7 Å². The number of hydrogen-bond acceptors (Lipinski definition) is 9. The van der Waals surface area contributed by atoms with E-state index in [1.54, 1.807) is 30.3 Å². The quantitative estimate of drug-likeness (QED) is 0.282. The molecule has 3 aromatic rings. The summed E-state index contributed by atoms with van der Waals surface area (Å²) in [5.41, 5.74) is 1.26. The van der Waals surface area contributed by atoms with Crippen LogP contribution in [0.1, 0.15) is 12.8 Å². The van der Waals surface area contributed by atoms with E-state index < -0.39 is 16.0 Å². The highest BCUT2D eigenvalue weighted by molar-refractivity contribution is 7.90. The van der Waals surface area contributed by atoms with Crippen LogP contribution in [0.15, 0.2) is 42.6 Å². The topological polar surface area (TPSA) is 136 Å². The van der Waals surface area contributed by atoms with E-state index >= 15 is 0 Å². The van der Waals surface area contributed by atoms with Crippen LogP contribution in [0.5, 0.6) is 17.2 Å². The second kappa shape index (κ2) is 10.8. The molecule has 0 atom stereocenters. The lowest BCUT2D eigenvalue weighted by Gasteiger charge is -2.15. The number of benzene rings is 2. The molecule has 0 saturated heterocycles. The van der Waals surface area contributed by atoms with Crippen LogP contribution in [0.4, 0.5) is 33.2 Å². The molecule has 1 fully saturated rings. The van der Waals surface area contributed by atoms with Crippen LogP contribution in [0.2, 0.25) is 0 Å². The lowest BCUT2D eigenvalue weighted by atomic mass is 10.2. The normalized spacial score (nSPS) is 13.1. The van der Waals surface area contributed by atoms with E-state index in [0.717, 1.165) is 19.0 Å². The van der Waals surface area contributed by atoms with Gasteiger partial charge in [0, 0.05) is 30.1 Å². The molecule has 0 radical (unpaired) electrons. The van der Waals surface area contributed by atoms with E-state index in [4.69, 9.17) is 14.2 Å². The zero-order valence-electron chi connectivity index (χ0n) is 20.0. The Balaban J connectivity index is 1.50. The van der Waals surface area contributed by atoms with E-state index in [1.807, 2.05) is 0 Å². The van der Waals surface area contributed by atoms with Crippen molar-refractivity contribution < 1.29 is 27.0 Å². The molecule has 4 N–H and O–H groups in total. The summed E-state index contributed by atoms with van der Waals surface area (Å²) in [4.78, 5) is 8.19. The van der Waals surface area contributed by atoms with Crippen molar-refractivity contribution in [2.24, 2.45) is 5.92 Å². The highest BCUT2D eigenvalue weighted by atomic mass is 32.2. The minimum absolute atomic E-state index is 0.105. The van der Waals surface area contributed by atoms with Gasteiger partial charge in [-0.05, 0) is 37.0 Å². The Morgan fingerprint density at radius 2 is 1.67 bits per heavy atom. The van der Waals surface area contributed by atoms with Crippen LogP contribution in [0.3, 0.4) is 0 Å². The molecular formula is C23H27FN6O5S. The molecule has 0 unspecified atom stereocenters. The Morgan fingerprint density at radius 3 is 2.31 bits per heavy atom. The van der Waals surface area contributed by atoms with Crippen molar-refractivity contribution >= 4 is 39.0 Å². The van der Waals surface area contributed by atoms with Gasteiger partial charge in [-0.15, -0.1) is 0 Å². The fraction of sp³-hybridized carbons (Fsp3) is 0.304. The monoisotopic (exact) mass is 518 g/mol. The number of rotatable bonds is 12. The fourth-order valence-corrected chi connectivity index (χ4v) is 4.30. The summed E-state index contributed by atoms with van der Waals surface area (Å²) < 4.78 is 60.0. The molecule has 1 aliphatic carbocycles. The van der Waals surface area contributed by atoms with Crippen molar-refractivity contribution in [3.8, 4) is 17.2 Å². The lowest BCUT2D eigenvalue weighted by Crippen LogP contribution is -2.31. The zero-order chi connectivity index (χ0) is 25.7. The molecule has 0 amide bonds. The summed E-state index contributed by atoms with van der Waals surface area (Å²) >= 11 is 0. The number of nitrogens with zero attached hydrogens (tertiary/aromatic N) is 2. The fourth-order valence-electron chi connectivity index (χ4n) is 3.34. The molecular weight excluding hydrogens is 491 g/mol. The maximum Gasteiger partial charge on any atom is 0.299 e. The molecule has 36 heavy (non-hydrogen) atoms. The third kappa shape index (κ3) is 6.43. The molecule has 13 heteroatoms. The molecule has 2 aromatic carbocycles. The predicted octanol–water partition coefficient (Wildman–Crippen LogP) is 3.79. The first-order valence-electron chi connectivity index (χ1n) is 11.0. The minimum atomic E-state index is -3.71. The highest BCUT2D eigenvalue weighted by Gasteiger charge is 2.23. The van der Waals surface area contributed by atoms with Gasteiger partial charge in [0.05, 0.1) is 33.2 Å². The first kappa shape index (κ1) is 25.3. The number of aromatic nitrogens is 2. The predicted molar refractivity (Wildman–Crippen MR) is 134 cm³/mol. The third-order valence-electron chi connectivity index (χ3n) is 5.30. The maximum atomic E-state index is 14.5. The third-order valence-corrected chi connectivity index (χ3v) is 6.35. The first-order chi connectivity index (χ1) is 17.3. The van der Waals surface area contributed by atoms with Gasteiger partial charge in [-0.1, -0.05) is 6.07 Å². The second-order valence-electron chi connectivity index (χ2n) is 8.03. The summed E-state index contributed by atoms with van der Waals surface area (Å²) in [6.45, 7) is 0.404. The molecule has 1 aromatic heterocycles. The summed E-state index contributed by atoms with van der Waals surface area (Å²) in [5, 5.41) is 5.84. The van der Waals surface area contributed by atoms with Gasteiger partial charge in [-0.25, -0.2) is 9.37 Å². The Bertz CT molecular complexity index is 1310. The number of halogens is 1. The van der Waals surface area contributed by atoms with Crippen LogP contribution in [-0.2, 0) is 10.2 Å². The molecule has 1 aliphatic rings. The van der Waals surface area contributed by atoms with Crippen LogP contribution >= 0.6 is 0 Å². The molecule has 1 heterocycles. The number of anilines is 5. The summed E-state index contributed by atoms with van der Waals surface area (Å²) in [6, 6.07) is 9.74. The van der Waals surface area contributed by atoms with Crippen LogP contribution < -0.4 is 34.3 Å². The standard InChI is InChI=1S/C23H27FN6O5S/c1-33-19-10-17(11-20(34-2)21(19)35-3)28-23-25-13-18(24)22(29-23)27-15-5-4-6-16(9-15)30-36(31,32)26-12-14-7-8-14/h4-6,9-11,13-14,26,30H,7-8,12H2,1-3H3,(H2,25,27,28,29). The van der Waals surface area contributed by atoms with E-state index in [0.29, 0.717) is 46.8 Å². The van der Waals surface area contributed by atoms with Gasteiger partial charge >= 0.3 is 0 Å². The maximum absolute atomic E-state index is 14.5. The first-order valence-corrected chi connectivity index (χ1v) is 12.5. The van der Waals surface area contributed by atoms with Gasteiger partial charge in [-0.3, -0.25) is 4.72 Å². The van der Waals surface area contributed by atoms with Crippen LogP contribution in [0.25, 0.3) is 0 Å². The zero-order valence-corrected chi connectivity index (χ0v) is 20.8. The Hall–Kier alpha value is -3.84. The molecule has 192 valence electrons. The Morgan fingerprint density at radius 1 is 0.972 bits per heavy atom. The van der Waals surface area contributed by atoms with Crippen molar-refractivity contribution in [2.75, 3.05) is 43.2 Å². The largest absolute Gasteiger partial charge is 0.493 e. The SMILES string of the molecule is COc1cc(Nc2ncc(F)c(Nc3cccc(NS(=O)(=O)NCC4CC4)c3)n2)cc(OC)c1OC. The summed E-state index contributed by atoms with van der Waals surface area (Å²) in [6.07, 6.45) is 3.08. The van der Waals surface area contributed by atoms with Gasteiger partial charge in [0.15, 0.2) is 23.1 Å². The summed E-state index contributed by atoms with van der Waals surface area (Å²) in [7, 11) is 0.777. The average Bonchev–Trinajstić information content (AvgIpc) is 3.69.